The number of rotatable bonds is 7. The van der Waals surface area contributed by atoms with Crippen LogP contribution in [0.15, 0.2) is 46.3 Å². The van der Waals surface area contributed by atoms with Crippen LogP contribution in [-0.4, -0.2) is 37.8 Å². The molecule has 1 aromatic carbocycles. The van der Waals surface area contributed by atoms with Gasteiger partial charge in [0.15, 0.2) is 16.6 Å². The summed E-state index contributed by atoms with van der Waals surface area (Å²) in [7, 11) is 0. The first-order chi connectivity index (χ1) is 12.5. The molecule has 0 spiro atoms. The van der Waals surface area contributed by atoms with Crippen LogP contribution in [0.2, 0.25) is 0 Å². The number of carbonyl (C=O) groups excluding carboxylic acids is 1. The topological polar surface area (TPSA) is 92.2 Å². The van der Waals surface area contributed by atoms with Crippen molar-refractivity contribution < 1.29 is 4.79 Å². The molecule has 2 aromatic heterocycles. The van der Waals surface area contributed by atoms with Gasteiger partial charge in [-0.2, -0.15) is 0 Å². The summed E-state index contributed by atoms with van der Waals surface area (Å²) in [5.74, 6) is 1.23. The minimum Gasteiger partial charge on any atom is -0.355 e. The molecule has 26 heavy (non-hydrogen) atoms. The van der Waals surface area contributed by atoms with E-state index in [-0.39, 0.29) is 17.2 Å². The largest absolute Gasteiger partial charge is 0.355 e. The zero-order valence-electron chi connectivity index (χ0n) is 14.7. The average Bonchev–Trinajstić information content (AvgIpc) is 3.00. The lowest BCUT2D eigenvalue weighted by Gasteiger charge is -2.09. The molecule has 3 aromatic rings. The molecule has 136 valence electrons. The van der Waals surface area contributed by atoms with Crippen molar-refractivity contribution in [2.75, 3.05) is 12.3 Å². The molecule has 0 aliphatic rings. The fourth-order valence-electron chi connectivity index (χ4n) is 2.38. The minimum atomic E-state index is -0.257. The van der Waals surface area contributed by atoms with Crippen LogP contribution in [0, 0.1) is 5.92 Å². The van der Waals surface area contributed by atoms with E-state index in [0.29, 0.717) is 29.1 Å². The average molecular weight is 371 g/mol. The van der Waals surface area contributed by atoms with Gasteiger partial charge in [0.2, 0.25) is 5.91 Å². The number of aromatic nitrogens is 4. The molecule has 3 rings (SSSR count). The van der Waals surface area contributed by atoms with Gasteiger partial charge >= 0.3 is 0 Å². The highest BCUT2D eigenvalue weighted by atomic mass is 32.2. The third-order valence-electron chi connectivity index (χ3n) is 3.73. The molecule has 0 radical (unpaired) electrons. The van der Waals surface area contributed by atoms with Gasteiger partial charge in [-0.25, -0.2) is 14.5 Å². The van der Waals surface area contributed by atoms with Crippen LogP contribution in [0.3, 0.4) is 0 Å². The van der Waals surface area contributed by atoms with Gasteiger partial charge in [0, 0.05) is 18.2 Å². The first-order valence-corrected chi connectivity index (χ1v) is 9.46. The number of amides is 1. The molecule has 0 saturated carbocycles. The van der Waals surface area contributed by atoms with E-state index in [1.165, 1.54) is 22.3 Å². The third kappa shape index (κ3) is 4.51. The zero-order valence-corrected chi connectivity index (χ0v) is 15.5. The Kier molecular flexibility index (Phi) is 5.72. The third-order valence-corrected chi connectivity index (χ3v) is 4.67. The maximum Gasteiger partial charge on any atom is 0.266 e. The second kappa shape index (κ2) is 8.18. The fraction of sp³-hybridized carbons (Fsp3) is 0.333. The molecule has 0 aliphatic carbocycles. The molecule has 1 amide bonds. The molecule has 0 saturated heterocycles. The maximum atomic E-state index is 12.0. The van der Waals surface area contributed by atoms with Crippen molar-refractivity contribution in [3.63, 3.8) is 0 Å². The summed E-state index contributed by atoms with van der Waals surface area (Å²) in [4.78, 5) is 32.7. The summed E-state index contributed by atoms with van der Waals surface area (Å²) in [6.45, 7) is 4.89. The summed E-state index contributed by atoms with van der Waals surface area (Å²) >= 11 is 1.27. The van der Waals surface area contributed by atoms with Crippen LogP contribution in [0.4, 0.5) is 0 Å². The van der Waals surface area contributed by atoms with Crippen molar-refractivity contribution in [1.82, 2.24) is 24.9 Å². The molecule has 0 aliphatic heterocycles. The number of nitrogens with zero attached hydrogens (tertiary/aromatic N) is 3. The second-order valence-electron chi connectivity index (χ2n) is 6.33. The predicted octanol–water partition coefficient (Wildman–Crippen LogP) is 2.34. The van der Waals surface area contributed by atoms with E-state index in [1.54, 1.807) is 0 Å². The predicted molar refractivity (Wildman–Crippen MR) is 102 cm³/mol. The van der Waals surface area contributed by atoms with E-state index in [2.05, 4.69) is 34.2 Å². The summed E-state index contributed by atoms with van der Waals surface area (Å²) in [6, 6.07) is 11.0. The molecule has 8 heteroatoms. The van der Waals surface area contributed by atoms with Crippen molar-refractivity contribution in [2.24, 2.45) is 5.92 Å². The Hall–Kier alpha value is -2.61. The number of nitrogens with one attached hydrogen (secondary N) is 2. The Bertz CT molecular complexity index is 949. The van der Waals surface area contributed by atoms with Gasteiger partial charge in [0.25, 0.3) is 5.56 Å². The van der Waals surface area contributed by atoms with Crippen LogP contribution >= 0.6 is 11.8 Å². The lowest BCUT2D eigenvalue weighted by Crippen LogP contribution is -2.27. The van der Waals surface area contributed by atoms with Gasteiger partial charge in [-0.3, -0.25) is 14.7 Å². The highest BCUT2D eigenvalue weighted by molar-refractivity contribution is 7.99. The summed E-state index contributed by atoms with van der Waals surface area (Å²) < 4.78 is 1.51. The quantitative estimate of drug-likeness (QED) is 0.622. The molecule has 0 unspecified atom stereocenters. The molecule has 2 N–H and O–H groups in total. The van der Waals surface area contributed by atoms with Gasteiger partial charge < -0.3 is 5.32 Å². The van der Waals surface area contributed by atoms with Crippen molar-refractivity contribution in [2.45, 2.75) is 25.4 Å². The minimum absolute atomic E-state index is 0.0572. The van der Waals surface area contributed by atoms with E-state index >= 15 is 0 Å². The van der Waals surface area contributed by atoms with Gasteiger partial charge in [0.1, 0.15) is 0 Å². The number of benzene rings is 1. The van der Waals surface area contributed by atoms with Gasteiger partial charge in [-0.1, -0.05) is 55.9 Å². The van der Waals surface area contributed by atoms with Gasteiger partial charge in [0.05, 0.1) is 5.75 Å². The maximum absolute atomic E-state index is 12.0. The first-order valence-electron chi connectivity index (χ1n) is 8.47. The molecule has 2 heterocycles. The smallest absolute Gasteiger partial charge is 0.266 e. The van der Waals surface area contributed by atoms with Crippen molar-refractivity contribution in [1.29, 1.82) is 0 Å². The van der Waals surface area contributed by atoms with E-state index in [0.717, 1.165) is 12.0 Å². The van der Waals surface area contributed by atoms with Crippen LogP contribution in [0.25, 0.3) is 17.0 Å². The highest BCUT2D eigenvalue weighted by Crippen LogP contribution is 2.21. The molecule has 0 bridgehead atoms. The summed E-state index contributed by atoms with van der Waals surface area (Å²) in [5.41, 5.74) is 1.08. The van der Waals surface area contributed by atoms with Crippen molar-refractivity contribution in [3.05, 3.63) is 46.8 Å². The highest BCUT2D eigenvalue weighted by Gasteiger charge is 2.13. The van der Waals surface area contributed by atoms with Crippen LogP contribution in [0.5, 0.6) is 0 Å². The lowest BCUT2D eigenvalue weighted by molar-refractivity contribution is -0.118. The first kappa shape index (κ1) is 18.2. The molecule has 0 fully saturated rings. The number of carbonyl (C=O) groups is 1. The zero-order chi connectivity index (χ0) is 18.5. The number of hydrogen-bond acceptors (Lipinski definition) is 5. The van der Waals surface area contributed by atoms with Crippen molar-refractivity contribution >= 4 is 23.3 Å². The van der Waals surface area contributed by atoms with Crippen LogP contribution in [-0.2, 0) is 4.79 Å². The van der Waals surface area contributed by atoms with E-state index in [4.69, 9.17) is 0 Å². The lowest BCUT2D eigenvalue weighted by atomic mass is 10.1. The Morgan fingerprint density at radius 2 is 2.04 bits per heavy atom. The fourth-order valence-corrected chi connectivity index (χ4v) is 3.16. The summed E-state index contributed by atoms with van der Waals surface area (Å²) in [6.07, 6.45) is 0.942. The molecular weight excluding hydrogens is 350 g/mol. The molecule has 7 nitrogen and oxygen atoms in total. The number of hydrogen-bond donors (Lipinski definition) is 2. The summed E-state index contributed by atoms with van der Waals surface area (Å²) in [5, 5.41) is 6.09. The monoisotopic (exact) mass is 371 g/mol. The molecule has 0 atom stereocenters. The number of H-pyrrole nitrogens is 1. The normalized spacial score (nSPS) is 11.2. The SMILES string of the molecule is CC(C)CCNC(=O)CSc1nc(-c2ccccc2)nc2cc(=O)[nH]n12. The van der Waals surface area contributed by atoms with Crippen molar-refractivity contribution in [3.8, 4) is 11.4 Å². The Morgan fingerprint density at radius 3 is 2.77 bits per heavy atom. The van der Waals surface area contributed by atoms with Gasteiger partial charge in [-0.15, -0.1) is 0 Å². The number of thioether (sulfide) groups is 1. The van der Waals surface area contributed by atoms with E-state index in [1.807, 2.05) is 30.3 Å². The Labute approximate surface area is 155 Å². The van der Waals surface area contributed by atoms with Crippen LogP contribution < -0.4 is 10.9 Å². The number of aromatic amines is 1. The second-order valence-corrected chi connectivity index (χ2v) is 7.27. The standard InChI is InChI=1S/C18H21N5O2S/c1-12(2)8-9-19-16(25)11-26-18-21-17(13-6-4-3-5-7-13)20-14-10-15(24)22-23(14)18/h3-7,10,12H,8-9,11H2,1-2H3,(H,19,25)(H,22,24). The van der Waals surface area contributed by atoms with Gasteiger partial charge in [-0.05, 0) is 12.3 Å². The van der Waals surface area contributed by atoms with E-state index < -0.39 is 0 Å². The molecular formula is C18H21N5O2S. The van der Waals surface area contributed by atoms with Crippen LogP contribution in [0.1, 0.15) is 20.3 Å². The Morgan fingerprint density at radius 1 is 1.27 bits per heavy atom. The number of fused-ring (bicyclic) bond motifs is 1. The Balaban J connectivity index is 1.80. The van der Waals surface area contributed by atoms with E-state index in [9.17, 15) is 9.59 Å².